The van der Waals surface area contributed by atoms with Gasteiger partial charge in [-0.1, -0.05) is 31.0 Å². The highest BCUT2D eigenvalue weighted by molar-refractivity contribution is 7.89. The van der Waals surface area contributed by atoms with Crippen LogP contribution in [0.25, 0.3) is 0 Å². The van der Waals surface area contributed by atoms with E-state index in [4.69, 9.17) is 0 Å². The van der Waals surface area contributed by atoms with Crippen LogP contribution in [0.15, 0.2) is 41.3 Å². The van der Waals surface area contributed by atoms with Crippen LogP contribution in [0.5, 0.6) is 0 Å². The standard InChI is InChI=1S/C24H32N2O3S/c1-17-14-19(3)23(15-18(17)2)20(4)25-24(27)21-10-9-11-22(16-21)30(28,29)26-12-7-5-6-8-13-26/h9-11,14-16,20H,5-8,12-13H2,1-4H3,(H,25,27)/t20-/m1/s1. The monoisotopic (exact) mass is 428 g/mol. The fourth-order valence-electron chi connectivity index (χ4n) is 4.04. The molecule has 0 bridgehead atoms. The number of carbonyl (C=O) groups is 1. The van der Waals surface area contributed by atoms with Crippen LogP contribution in [0.1, 0.15) is 71.3 Å². The first kappa shape index (κ1) is 22.5. The molecule has 0 radical (unpaired) electrons. The maximum absolute atomic E-state index is 13.1. The smallest absolute Gasteiger partial charge is 0.251 e. The third kappa shape index (κ3) is 4.93. The van der Waals surface area contributed by atoms with Crippen molar-refractivity contribution < 1.29 is 13.2 Å². The number of aryl methyl sites for hydroxylation is 3. The molecule has 0 aliphatic carbocycles. The van der Waals surface area contributed by atoms with Gasteiger partial charge in [0.1, 0.15) is 0 Å². The molecule has 0 unspecified atom stereocenters. The first-order chi connectivity index (χ1) is 14.2. The fraction of sp³-hybridized carbons (Fsp3) is 0.458. The molecule has 6 heteroatoms. The van der Waals surface area contributed by atoms with Gasteiger partial charge in [0.15, 0.2) is 0 Å². The number of hydrogen-bond acceptors (Lipinski definition) is 3. The van der Waals surface area contributed by atoms with Crippen LogP contribution in [0.4, 0.5) is 0 Å². The lowest BCUT2D eigenvalue weighted by atomic mass is 9.96. The molecule has 1 aliphatic heterocycles. The van der Waals surface area contributed by atoms with Gasteiger partial charge >= 0.3 is 0 Å². The molecule has 2 aromatic carbocycles. The lowest BCUT2D eigenvalue weighted by molar-refractivity contribution is 0.0939. The Hall–Kier alpha value is -2.18. The molecule has 2 aromatic rings. The number of nitrogens with zero attached hydrogens (tertiary/aromatic N) is 1. The Labute approximate surface area is 180 Å². The van der Waals surface area contributed by atoms with Crippen molar-refractivity contribution in [1.82, 2.24) is 9.62 Å². The van der Waals surface area contributed by atoms with Crippen molar-refractivity contribution in [2.24, 2.45) is 0 Å². The molecule has 30 heavy (non-hydrogen) atoms. The van der Waals surface area contributed by atoms with Gasteiger partial charge in [0.2, 0.25) is 10.0 Å². The molecular weight excluding hydrogens is 396 g/mol. The Bertz CT molecular complexity index is 1020. The second kappa shape index (κ2) is 9.31. The van der Waals surface area contributed by atoms with Crippen LogP contribution >= 0.6 is 0 Å². The minimum absolute atomic E-state index is 0.178. The van der Waals surface area contributed by atoms with E-state index in [-0.39, 0.29) is 16.8 Å². The maximum atomic E-state index is 13.1. The first-order valence-corrected chi connectivity index (χ1v) is 12.1. The third-order valence-electron chi connectivity index (χ3n) is 6.00. The fourth-order valence-corrected chi connectivity index (χ4v) is 5.60. The summed E-state index contributed by atoms with van der Waals surface area (Å²) in [4.78, 5) is 13.1. The summed E-state index contributed by atoms with van der Waals surface area (Å²) in [6, 6.07) is 10.4. The number of nitrogens with one attached hydrogen (secondary N) is 1. The van der Waals surface area contributed by atoms with E-state index in [9.17, 15) is 13.2 Å². The lowest BCUT2D eigenvalue weighted by Crippen LogP contribution is -2.32. The van der Waals surface area contributed by atoms with Crippen molar-refractivity contribution in [2.45, 2.75) is 64.3 Å². The van der Waals surface area contributed by atoms with Crippen molar-refractivity contribution in [3.63, 3.8) is 0 Å². The number of carbonyl (C=O) groups excluding carboxylic acids is 1. The predicted molar refractivity (Wildman–Crippen MR) is 120 cm³/mol. The van der Waals surface area contributed by atoms with Crippen LogP contribution < -0.4 is 5.32 Å². The summed E-state index contributed by atoms with van der Waals surface area (Å²) in [7, 11) is -3.59. The van der Waals surface area contributed by atoms with Gasteiger partial charge in [-0.2, -0.15) is 4.31 Å². The minimum Gasteiger partial charge on any atom is -0.346 e. The summed E-state index contributed by atoms with van der Waals surface area (Å²) >= 11 is 0. The highest BCUT2D eigenvalue weighted by Gasteiger charge is 2.26. The van der Waals surface area contributed by atoms with Crippen molar-refractivity contribution in [3.05, 3.63) is 64.2 Å². The molecular formula is C24H32N2O3S. The van der Waals surface area contributed by atoms with Gasteiger partial charge in [0.05, 0.1) is 10.9 Å². The van der Waals surface area contributed by atoms with Gasteiger partial charge in [0.25, 0.3) is 5.91 Å². The summed E-state index contributed by atoms with van der Waals surface area (Å²) in [6.45, 7) is 9.21. The molecule has 5 nitrogen and oxygen atoms in total. The van der Waals surface area contributed by atoms with Gasteiger partial charge in [-0.3, -0.25) is 4.79 Å². The minimum atomic E-state index is -3.59. The Balaban J connectivity index is 1.80. The summed E-state index contributed by atoms with van der Waals surface area (Å²) < 4.78 is 27.7. The molecule has 1 fully saturated rings. The van der Waals surface area contributed by atoms with E-state index in [1.165, 1.54) is 17.2 Å². The predicted octanol–water partition coefficient (Wildman–Crippen LogP) is 4.67. The molecule has 0 aromatic heterocycles. The highest BCUT2D eigenvalue weighted by atomic mass is 32.2. The quantitative estimate of drug-likeness (QED) is 0.753. The van der Waals surface area contributed by atoms with Crippen LogP contribution in [0.2, 0.25) is 0 Å². The lowest BCUT2D eigenvalue weighted by Gasteiger charge is -2.21. The summed E-state index contributed by atoms with van der Waals surface area (Å²) in [5.41, 5.74) is 4.96. The summed E-state index contributed by atoms with van der Waals surface area (Å²) in [6.07, 6.45) is 3.88. The average Bonchev–Trinajstić information content (AvgIpc) is 3.01. The molecule has 1 N–H and O–H groups in total. The van der Waals surface area contributed by atoms with E-state index in [2.05, 4.69) is 31.3 Å². The molecule has 162 valence electrons. The molecule has 1 saturated heterocycles. The Morgan fingerprint density at radius 3 is 2.23 bits per heavy atom. The largest absolute Gasteiger partial charge is 0.346 e. The molecule has 0 spiro atoms. The Morgan fingerprint density at radius 2 is 1.57 bits per heavy atom. The zero-order chi connectivity index (χ0) is 21.9. The molecule has 0 saturated carbocycles. The summed E-state index contributed by atoms with van der Waals surface area (Å²) in [5.74, 6) is -0.270. The maximum Gasteiger partial charge on any atom is 0.251 e. The van der Waals surface area contributed by atoms with Crippen LogP contribution in [0, 0.1) is 20.8 Å². The highest BCUT2D eigenvalue weighted by Crippen LogP contribution is 2.24. The number of rotatable bonds is 5. The number of hydrogen-bond donors (Lipinski definition) is 1. The number of amides is 1. The number of sulfonamides is 1. The van der Waals surface area contributed by atoms with E-state index in [1.807, 2.05) is 13.8 Å². The second-order valence-electron chi connectivity index (χ2n) is 8.33. The van der Waals surface area contributed by atoms with E-state index in [1.54, 1.807) is 22.5 Å². The average molecular weight is 429 g/mol. The number of benzene rings is 2. The van der Waals surface area contributed by atoms with Gasteiger partial charge in [-0.15, -0.1) is 0 Å². The Kier molecular flexibility index (Phi) is 6.98. The van der Waals surface area contributed by atoms with Crippen molar-refractivity contribution >= 4 is 15.9 Å². The first-order valence-electron chi connectivity index (χ1n) is 10.7. The van der Waals surface area contributed by atoms with Crippen LogP contribution in [-0.4, -0.2) is 31.7 Å². The zero-order valence-electron chi connectivity index (χ0n) is 18.4. The molecule has 3 rings (SSSR count). The van der Waals surface area contributed by atoms with Crippen molar-refractivity contribution in [1.29, 1.82) is 0 Å². The van der Waals surface area contributed by atoms with Gasteiger partial charge in [-0.05, 0) is 81.0 Å². The van der Waals surface area contributed by atoms with E-state index >= 15 is 0 Å². The summed E-state index contributed by atoms with van der Waals surface area (Å²) in [5, 5.41) is 3.02. The molecule has 1 heterocycles. The van der Waals surface area contributed by atoms with Crippen LogP contribution in [-0.2, 0) is 10.0 Å². The molecule has 1 aliphatic rings. The van der Waals surface area contributed by atoms with E-state index in [0.29, 0.717) is 18.7 Å². The van der Waals surface area contributed by atoms with Crippen LogP contribution in [0.3, 0.4) is 0 Å². The SMILES string of the molecule is Cc1cc(C)c([C@@H](C)NC(=O)c2cccc(S(=O)(=O)N3CCCCCC3)c2)cc1C. The van der Waals surface area contributed by atoms with Crippen molar-refractivity contribution in [2.75, 3.05) is 13.1 Å². The normalized spacial score (nSPS) is 16.7. The van der Waals surface area contributed by atoms with Gasteiger partial charge in [0, 0.05) is 18.7 Å². The van der Waals surface area contributed by atoms with Gasteiger partial charge < -0.3 is 5.32 Å². The topological polar surface area (TPSA) is 66.5 Å². The Morgan fingerprint density at radius 1 is 0.933 bits per heavy atom. The van der Waals surface area contributed by atoms with E-state index in [0.717, 1.165) is 36.8 Å². The van der Waals surface area contributed by atoms with Crippen molar-refractivity contribution in [3.8, 4) is 0 Å². The zero-order valence-corrected chi connectivity index (χ0v) is 19.2. The van der Waals surface area contributed by atoms with Gasteiger partial charge in [-0.25, -0.2) is 8.42 Å². The second-order valence-corrected chi connectivity index (χ2v) is 10.3. The van der Waals surface area contributed by atoms with E-state index < -0.39 is 10.0 Å². The molecule has 1 amide bonds. The molecule has 1 atom stereocenters. The third-order valence-corrected chi connectivity index (χ3v) is 7.89.